The molecular formula is C14H18F3N3O2. The summed E-state index contributed by atoms with van der Waals surface area (Å²) in [6.45, 7) is 1.50. The number of hydrogen-bond acceptors (Lipinski definition) is 3. The lowest BCUT2D eigenvalue weighted by Gasteiger charge is -2.24. The van der Waals surface area contributed by atoms with E-state index in [2.05, 4.69) is 5.32 Å². The Labute approximate surface area is 126 Å². The summed E-state index contributed by atoms with van der Waals surface area (Å²) < 4.78 is 39.4. The molecule has 0 spiro atoms. The molecule has 0 aliphatic carbocycles. The fraction of sp³-hybridized carbons (Fsp3) is 0.429. The molecule has 1 atom stereocenters. The number of benzene rings is 1. The maximum Gasteiger partial charge on any atom is 0.241 e. The third-order valence-electron chi connectivity index (χ3n) is 3.22. The molecule has 1 N–H and O–H groups in total. The molecule has 1 aromatic carbocycles. The molecule has 1 rings (SSSR count). The van der Waals surface area contributed by atoms with Gasteiger partial charge in [-0.1, -0.05) is 0 Å². The van der Waals surface area contributed by atoms with E-state index < -0.39 is 35.1 Å². The van der Waals surface area contributed by atoms with Crippen LogP contribution in [0.2, 0.25) is 0 Å². The van der Waals surface area contributed by atoms with Crippen molar-refractivity contribution in [3.63, 3.8) is 0 Å². The number of likely N-dealkylation sites (N-methyl/N-ethyl adjacent to an activating group) is 2. The topological polar surface area (TPSA) is 52.7 Å². The average molecular weight is 317 g/mol. The van der Waals surface area contributed by atoms with Gasteiger partial charge in [0.2, 0.25) is 11.8 Å². The molecule has 8 heteroatoms. The molecule has 0 unspecified atom stereocenters. The van der Waals surface area contributed by atoms with Crippen LogP contribution in [0.4, 0.5) is 18.9 Å². The minimum Gasteiger partial charge on any atom is -0.348 e. The molecule has 0 heterocycles. The number of amides is 2. The molecule has 0 saturated heterocycles. The van der Waals surface area contributed by atoms with Crippen LogP contribution in [0.5, 0.6) is 0 Å². The first-order valence-corrected chi connectivity index (χ1v) is 6.50. The van der Waals surface area contributed by atoms with Crippen molar-refractivity contribution < 1.29 is 22.8 Å². The molecular weight excluding hydrogens is 299 g/mol. The summed E-state index contributed by atoms with van der Waals surface area (Å²) in [7, 11) is 4.71. The number of carbonyl (C=O) groups excluding carboxylic acids is 2. The van der Waals surface area contributed by atoms with Gasteiger partial charge in [-0.2, -0.15) is 0 Å². The van der Waals surface area contributed by atoms with Crippen molar-refractivity contribution in [1.82, 2.24) is 9.80 Å². The molecule has 22 heavy (non-hydrogen) atoms. The SMILES string of the molecule is C[C@H](C(=O)Nc1ccc(F)c(F)c1F)N(C)CC(=O)N(C)C. The highest BCUT2D eigenvalue weighted by molar-refractivity contribution is 5.95. The Bertz CT molecular complexity index is 579. The van der Waals surface area contributed by atoms with Gasteiger partial charge in [-0.05, 0) is 26.1 Å². The van der Waals surface area contributed by atoms with Crippen LogP contribution in [0.3, 0.4) is 0 Å². The number of rotatable bonds is 5. The average Bonchev–Trinajstić information content (AvgIpc) is 2.46. The monoisotopic (exact) mass is 317 g/mol. The smallest absolute Gasteiger partial charge is 0.241 e. The Hall–Kier alpha value is -2.09. The molecule has 122 valence electrons. The van der Waals surface area contributed by atoms with E-state index in [-0.39, 0.29) is 12.5 Å². The zero-order chi connectivity index (χ0) is 17.0. The van der Waals surface area contributed by atoms with E-state index in [0.717, 1.165) is 12.1 Å². The first-order chi connectivity index (χ1) is 10.1. The molecule has 0 bridgehead atoms. The van der Waals surface area contributed by atoms with Crippen LogP contribution in [0, 0.1) is 17.5 Å². The minimum atomic E-state index is -1.65. The van der Waals surface area contributed by atoms with Crippen LogP contribution in [0.1, 0.15) is 6.92 Å². The number of nitrogens with zero attached hydrogens (tertiary/aromatic N) is 2. The van der Waals surface area contributed by atoms with Crippen molar-refractivity contribution in [3.8, 4) is 0 Å². The lowest BCUT2D eigenvalue weighted by molar-refractivity contribution is -0.131. The van der Waals surface area contributed by atoms with Crippen LogP contribution in [-0.2, 0) is 9.59 Å². The number of anilines is 1. The highest BCUT2D eigenvalue weighted by Gasteiger charge is 2.23. The third-order valence-corrected chi connectivity index (χ3v) is 3.22. The predicted octanol–water partition coefficient (Wildman–Crippen LogP) is 1.45. The Morgan fingerprint density at radius 1 is 1.14 bits per heavy atom. The van der Waals surface area contributed by atoms with Crippen LogP contribution >= 0.6 is 0 Å². The van der Waals surface area contributed by atoms with Crippen molar-refractivity contribution in [2.45, 2.75) is 13.0 Å². The van der Waals surface area contributed by atoms with E-state index >= 15 is 0 Å². The zero-order valence-electron chi connectivity index (χ0n) is 12.8. The fourth-order valence-electron chi connectivity index (χ4n) is 1.55. The molecule has 5 nitrogen and oxygen atoms in total. The Morgan fingerprint density at radius 3 is 2.27 bits per heavy atom. The molecule has 0 aliphatic heterocycles. The normalized spacial score (nSPS) is 12.2. The first-order valence-electron chi connectivity index (χ1n) is 6.50. The predicted molar refractivity (Wildman–Crippen MR) is 75.7 cm³/mol. The minimum absolute atomic E-state index is 0.0121. The molecule has 2 amide bonds. The molecule has 0 aliphatic rings. The first kappa shape index (κ1) is 18.0. The summed E-state index contributed by atoms with van der Waals surface area (Å²) in [5, 5.41) is 2.17. The Morgan fingerprint density at radius 2 is 1.73 bits per heavy atom. The van der Waals surface area contributed by atoms with Gasteiger partial charge in [-0.25, -0.2) is 13.2 Å². The fourth-order valence-corrected chi connectivity index (χ4v) is 1.55. The molecule has 1 aromatic rings. The van der Waals surface area contributed by atoms with Crippen molar-refractivity contribution in [1.29, 1.82) is 0 Å². The van der Waals surface area contributed by atoms with Gasteiger partial charge in [0.05, 0.1) is 18.3 Å². The van der Waals surface area contributed by atoms with E-state index in [1.165, 1.54) is 16.7 Å². The van der Waals surface area contributed by atoms with Gasteiger partial charge in [0.1, 0.15) is 0 Å². The van der Waals surface area contributed by atoms with Crippen molar-refractivity contribution in [2.24, 2.45) is 0 Å². The van der Waals surface area contributed by atoms with Gasteiger partial charge in [0.15, 0.2) is 17.5 Å². The second kappa shape index (κ2) is 7.26. The number of hydrogen-bond donors (Lipinski definition) is 1. The van der Waals surface area contributed by atoms with Crippen LogP contribution in [0.15, 0.2) is 12.1 Å². The van der Waals surface area contributed by atoms with Gasteiger partial charge < -0.3 is 10.2 Å². The van der Waals surface area contributed by atoms with Gasteiger partial charge >= 0.3 is 0 Å². The lowest BCUT2D eigenvalue weighted by atomic mass is 10.2. The third kappa shape index (κ3) is 4.20. The van der Waals surface area contributed by atoms with E-state index in [0.29, 0.717) is 0 Å². The summed E-state index contributed by atoms with van der Waals surface area (Å²) in [6.07, 6.45) is 0. The van der Waals surface area contributed by atoms with Crippen molar-refractivity contribution in [2.75, 3.05) is 33.0 Å². The van der Waals surface area contributed by atoms with Gasteiger partial charge in [-0.3, -0.25) is 14.5 Å². The Balaban J connectivity index is 2.76. The van der Waals surface area contributed by atoms with Gasteiger partial charge in [-0.15, -0.1) is 0 Å². The standard InChI is InChI=1S/C14H18F3N3O2/c1-8(20(4)7-11(21)19(2)3)14(22)18-10-6-5-9(15)12(16)13(10)17/h5-6,8H,7H2,1-4H3,(H,18,22)/t8-/m1/s1. The summed E-state index contributed by atoms with van der Waals surface area (Å²) in [6, 6.07) is 0.887. The molecule has 0 radical (unpaired) electrons. The number of nitrogens with one attached hydrogen (secondary N) is 1. The largest absolute Gasteiger partial charge is 0.348 e. The quantitative estimate of drug-likeness (QED) is 0.837. The summed E-state index contributed by atoms with van der Waals surface area (Å²) in [5.41, 5.74) is -0.455. The summed E-state index contributed by atoms with van der Waals surface area (Å²) in [5.74, 6) is -5.30. The second-order valence-corrected chi connectivity index (χ2v) is 5.09. The van der Waals surface area contributed by atoms with E-state index in [9.17, 15) is 22.8 Å². The van der Waals surface area contributed by atoms with Crippen LogP contribution in [-0.4, -0.2) is 55.3 Å². The van der Waals surface area contributed by atoms with Crippen molar-refractivity contribution >= 4 is 17.5 Å². The van der Waals surface area contributed by atoms with Crippen molar-refractivity contribution in [3.05, 3.63) is 29.6 Å². The second-order valence-electron chi connectivity index (χ2n) is 5.09. The van der Waals surface area contributed by atoms with E-state index in [1.807, 2.05) is 0 Å². The summed E-state index contributed by atoms with van der Waals surface area (Å²) in [4.78, 5) is 26.4. The van der Waals surface area contributed by atoms with Gasteiger partial charge in [0, 0.05) is 14.1 Å². The summed E-state index contributed by atoms with van der Waals surface area (Å²) >= 11 is 0. The van der Waals surface area contributed by atoms with E-state index in [4.69, 9.17) is 0 Å². The van der Waals surface area contributed by atoms with E-state index in [1.54, 1.807) is 21.1 Å². The maximum atomic E-state index is 13.5. The molecule has 0 saturated carbocycles. The Kier molecular flexibility index (Phi) is 5.92. The lowest BCUT2D eigenvalue weighted by Crippen LogP contribution is -2.44. The maximum absolute atomic E-state index is 13.5. The zero-order valence-corrected chi connectivity index (χ0v) is 12.8. The van der Waals surface area contributed by atoms with Crippen LogP contribution < -0.4 is 5.32 Å². The molecule has 0 aromatic heterocycles. The highest BCUT2D eigenvalue weighted by Crippen LogP contribution is 2.20. The molecule has 0 fully saturated rings. The number of carbonyl (C=O) groups is 2. The van der Waals surface area contributed by atoms with Crippen LogP contribution in [0.25, 0.3) is 0 Å². The highest BCUT2D eigenvalue weighted by atomic mass is 19.2. The number of halogens is 3. The van der Waals surface area contributed by atoms with Gasteiger partial charge in [0.25, 0.3) is 0 Å².